The molecule has 2 heterocycles. The molecule has 1 aromatic carbocycles. The van der Waals surface area contributed by atoms with Crippen LogP contribution in [0.2, 0.25) is 0 Å². The van der Waals surface area contributed by atoms with Gasteiger partial charge in [0.05, 0.1) is 31.6 Å². The number of esters is 1. The average molecular weight is 570 g/mol. The zero-order valence-electron chi connectivity index (χ0n) is 22.0. The van der Waals surface area contributed by atoms with Crippen molar-refractivity contribution in [3.8, 4) is 5.75 Å². The average Bonchev–Trinajstić information content (AvgIpc) is 3.51. The number of aryl methyl sites for hydroxylation is 1. The summed E-state index contributed by atoms with van der Waals surface area (Å²) in [5.74, 6) is 0.362. The molecule has 0 saturated carbocycles. The van der Waals surface area contributed by atoms with Crippen molar-refractivity contribution in [2.75, 3.05) is 24.8 Å². The van der Waals surface area contributed by atoms with Crippen LogP contribution in [0.5, 0.6) is 5.75 Å². The van der Waals surface area contributed by atoms with Gasteiger partial charge in [-0.3, -0.25) is 9.59 Å². The molecule has 10 nitrogen and oxygen atoms in total. The molecule has 39 heavy (non-hydrogen) atoms. The van der Waals surface area contributed by atoms with Gasteiger partial charge in [0.1, 0.15) is 10.8 Å². The molecule has 1 aliphatic carbocycles. The van der Waals surface area contributed by atoms with Crippen molar-refractivity contribution in [3.63, 3.8) is 0 Å². The molecule has 0 fully saturated rings. The third kappa shape index (κ3) is 6.87. The number of rotatable bonds is 12. The number of aromatic nitrogens is 3. The SMILES string of the molecule is C=CCn1c(CNC(=O)c2ccc(OC)cc2)nnc1SCC(=O)Nc1sc2c(c1C(=O)OCC)CCCC2. The number of allylic oxidation sites excluding steroid dienone is 1. The molecule has 206 valence electrons. The van der Waals surface area contributed by atoms with E-state index in [1.807, 2.05) is 0 Å². The smallest absolute Gasteiger partial charge is 0.341 e. The van der Waals surface area contributed by atoms with Gasteiger partial charge in [-0.2, -0.15) is 0 Å². The lowest BCUT2D eigenvalue weighted by atomic mass is 9.95. The fraction of sp³-hybridized carbons (Fsp3) is 0.370. The summed E-state index contributed by atoms with van der Waals surface area (Å²) in [6, 6.07) is 6.80. The van der Waals surface area contributed by atoms with Crippen LogP contribution in [-0.4, -0.2) is 52.0 Å². The van der Waals surface area contributed by atoms with Gasteiger partial charge in [-0.15, -0.1) is 28.1 Å². The Morgan fingerprint density at radius 2 is 1.95 bits per heavy atom. The third-order valence-corrected chi connectivity index (χ3v) is 8.27. The number of amides is 2. The van der Waals surface area contributed by atoms with Crippen LogP contribution in [0.25, 0.3) is 0 Å². The Morgan fingerprint density at radius 1 is 1.18 bits per heavy atom. The number of methoxy groups -OCH3 is 1. The third-order valence-electron chi connectivity index (χ3n) is 6.10. The molecule has 0 saturated heterocycles. The number of ether oxygens (including phenoxy) is 2. The van der Waals surface area contributed by atoms with E-state index in [4.69, 9.17) is 9.47 Å². The molecular formula is C27H31N5O5S2. The van der Waals surface area contributed by atoms with Crippen LogP contribution in [-0.2, 0) is 35.5 Å². The molecule has 1 aliphatic rings. The van der Waals surface area contributed by atoms with Crippen molar-refractivity contribution < 1.29 is 23.9 Å². The molecule has 2 N–H and O–H groups in total. The summed E-state index contributed by atoms with van der Waals surface area (Å²) in [6.45, 7) is 6.40. The Hall–Kier alpha value is -3.64. The Morgan fingerprint density at radius 3 is 2.67 bits per heavy atom. The molecule has 12 heteroatoms. The van der Waals surface area contributed by atoms with Gasteiger partial charge in [0.15, 0.2) is 11.0 Å². The number of hydrogen-bond donors (Lipinski definition) is 2. The van der Waals surface area contributed by atoms with Crippen molar-refractivity contribution in [1.82, 2.24) is 20.1 Å². The quantitative estimate of drug-likeness (QED) is 0.188. The van der Waals surface area contributed by atoms with Gasteiger partial charge in [-0.05, 0) is 62.4 Å². The highest BCUT2D eigenvalue weighted by atomic mass is 32.2. The number of anilines is 1. The predicted octanol–water partition coefficient (Wildman–Crippen LogP) is 4.25. The molecule has 0 radical (unpaired) electrons. The number of fused-ring (bicyclic) bond motifs is 1. The number of nitrogens with one attached hydrogen (secondary N) is 2. The number of benzene rings is 1. The lowest BCUT2D eigenvalue weighted by molar-refractivity contribution is -0.113. The summed E-state index contributed by atoms with van der Waals surface area (Å²) in [7, 11) is 1.57. The van der Waals surface area contributed by atoms with Crippen LogP contribution in [0.4, 0.5) is 5.00 Å². The Labute approximate surface area is 235 Å². The van der Waals surface area contributed by atoms with Gasteiger partial charge in [0, 0.05) is 17.0 Å². The van der Waals surface area contributed by atoms with Crippen LogP contribution >= 0.6 is 23.1 Å². The fourth-order valence-electron chi connectivity index (χ4n) is 4.24. The maximum atomic E-state index is 12.9. The normalized spacial score (nSPS) is 12.4. The number of carbonyl (C=O) groups is 3. The minimum atomic E-state index is -0.396. The molecule has 3 aromatic rings. The molecule has 0 spiro atoms. The first-order valence-corrected chi connectivity index (χ1v) is 14.4. The number of thiophene rings is 1. The second-order valence-electron chi connectivity index (χ2n) is 8.68. The van der Waals surface area contributed by atoms with E-state index in [1.165, 1.54) is 23.1 Å². The van der Waals surface area contributed by atoms with Crippen LogP contribution < -0.4 is 15.4 Å². The molecule has 0 bridgehead atoms. The summed E-state index contributed by atoms with van der Waals surface area (Å²) in [4.78, 5) is 39.3. The highest BCUT2D eigenvalue weighted by molar-refractivity contribution is 7.99. The number of nitrogens with zero attached hydrogens (tertiary/aromatic N) is 3. The summed E-state index contributed by atoms with van der Waals surface area (Å²) < 4.78 is 12.2. The van der Waals surface area contributed by atoms with E-state index in [-0.39, 0.29) is 30.7 Å². The van der Waals surface area contributed by atoms with E-state index in [1.54, 1.807) is 48.9 Å². The Balaban J connectivity index is 1.40. The number of carbonyl (C=O) groups excluding carboxylic acids is 3. The standard InChI is InChI=1S/C27H31N5O5S2/c1-4-14-32-21(15-28-24(34)17-10-12-18(36-3)13-11-17)30-31-27(32)38-16-22(33)29-25-23(26(35)37-5-2)19-8-6-7-9-20(19)39-25/h4,10-13H,1,5-9,14-16H2,2-3H3,(H,28,34)(H,29,33). The van der Waals surface area contributed by atoms with Crippen LogP contribution in [0.3, 0.4) is 0 Å². The van der Waals surface area contributed by atoms with Gasteiger partial charge in [0.25, 0.3) is 5.91 Å². The first kappa shape index (κ1) is 28.4. The maximum absolute atomic E-state index is 12.9. The van der Waals surface area contributed by atoms with Gasteiger partial charge >= 0.3 is 5.97 Å². The van der Waals surface area contributed by atoms with Crippen LogP contribution in [0, 0.1) is 0 Å². The molecular weight excluding hydrogens is 538 g/mol. The molecule has 0 aliphatic heterocycles. The summed E-state index contributed by atoms with van der Waals surface area (Å²) in [5, 5.41) is 15.3. The van der Waals surface area contributed by atoms with Gasteiger partial charge in [-0.25, -0.2) is 4.79 Å². The van der Waals surface area contributed by atoms with E-state index in [0.29, 0.717) is 39.4 Å². The largest absolute Gasteiger partial charge is 0.497 e. The second-order valence-corrected chi connectivity index (χ2v) is 10.7. The molecule has 2 amide bonds. The Bertz CT molecular complexity index is 1350. The molecule has 0 atom stereocenters. The lowest BCUT2D eigenvalue weighted by Gasteiger charge is -2.12. The monoisotopic (exact) mass is 569 g/mol. The fourth-order valence-corrected chi connectivity index (χ4v) is 6.30. The highest BCUT2D eigenvalue weighted by Crippen LogP contribution is 2.38. The van der Waals surface area contributed by atoms with Crippen molar-refractivity contribution in [3.05, 3.63) is 64.3 Å². The van der Waals surface area contributed by atoms with E-state index in [2.05, 4.69) is 27.4 Å². The minimum absolute atomic E-state index is 0.0678. The highest BCUT2D eigenvalue weighted by Gasteiger charge is 2.27. The zero-order valence-corrected chi connectivity index (χ0v) is 23.6. The van der Waals surface area contributed by atoms with E-state index in [9.17, 15) is 14.4 Å². The minimum Gasteiger partial charge on any atom is -0.497 e. The van der Waals surface area contributed by atoms with Crippen molar-refractivity contribution in [2.45, 2.75) is 50.9 Å². The Kier molecular flexibility index (Phi) is 9.77. The molecule has 4 rings (SSSR count). The lowest BCUT2D eigenvalue weighted by Crippen LogP contribution is -2.24. The maximum Gasteiger partial charge on any atom is 0.341 e. The van der Waals surface area contributed by atoms with Gasteiger partial charge in [-0.1, -0.05) is 17.8 Å². The zero-order chi connectivity index (χ0) is 27.8. The first-order valence-electron chi connectivity index (χ1n) is 12.6. The van der Waals surface area contributed by atoms with Crippen molar-refractivity contribution in [1.29, 1.82) is 0 Å². The van der Waals surface area contributed by atoms with Crippen LogP contribution in [0.15, 0.2) is 42.1 Å². The molecule has 0 unspecified atom stereocenters. The summed E-state index contributed by atoms with van der Waals surface area (Å²) >= 11 is 2.68. The summed E-state index contributed by atoms with van der Waals surface area (Å²) in [6.07, 6.45) is 5.50. The topological polar surface area (TPSA) is 124 Å². The van der Waals surface area contributed by atoms with E-state index < -0.39 is 5.97 Å². The summed E-state index contributed by atoms with van der Waals surface area (Å²) in [5.41, 5.74) is 1.98. The number of hydrogen-bond acceptors (Lipinski definition) is 9. The second kappa shape index (κ2) is 13.4. The van der Waals surface area contributed by atoms with Crippen molar-refractivity contribution >= 4 is 45.9 Å². The number of thioether (sulfide) groups is 1. The van der Waals surface area contributed by atoms with E-state index in [0.717, 1.165) is 36.1 Å². The molecule has 2 aromatic heterocycles. The van der Waals surface area contributed by atoms with Crippen LogP contribution in [0.1, 0.15) is 56.7 Å². The van der Waals surface area contributed by atoms with E-state index >= 15 is 0 Å². The van der Waals surface area contributed by atoms with Gasteiger partial charge < -0.3 is 24.7 Å². The van der Waals surface area contributed by atoms with Crippen molar-refractivity contribution in [2.24, 2.45) is 0 Å². The predicted molar refractivity (Wildman–Crippen MR) is 151 cm³/mol. The van der Waals surface area contributed by atoms with Gasteiger partial charge in [0.2, 0.25) is 5.91 Å². The first-order chi connectivity index (χ1) is 18.9.